The van der Waals surface area contributed by atoms with Crippen LogP contribution in [0.4, 0.5) is 0 Å². The SMILES string of the molecule is CC(C)(C)OC(=O)[C@H]1CCCN1COc1ccc(C(=O)O)cc1. The van der Waals surface area contributed by atoms with Gasteiger partial charge in [0.25, 0.3) is 0 Å². The summed E-state index contributed by atoms with van der Waals surface area (Å²) in [7, 11) is 0. The molecule has 1 aromatic carbocycles. The minimum Gasteiger partial charge on any atom is -0.478 e. The third-order valence-corrected chi connectivity index (χ3v) is 3.54. The van der Waals surface area contributed by atoms with Crippen molar-refractivity contribution in [3.05, 3.63) is 29.8 Å². The summed E-state index contributed by atoms with van der Waals surface area (Å²) < 4.78 is 11.1. The molecule has 1 atom stereocenters. The summed E-state index contributed by atoms with van der Waals surface area (Å²) in [5, 5.41) is 8.87. The molecule has 0 radical (unpaired) electrons. The number of esters is 1. The van der Waals surface area contributed by atoms with Crippen molar-refractivity contribution in [1.29, 1.82) is 0 Å². The van der Waals surface area contributed by atoms with E-state index in [0.717, 1.165) is 19.4 Å². The summed E-state index contributed by atoms with van der Waals surface area (Å²) in [6, 6.07) is 5.93. The Hall–Kier alpha value is -2.08. The Morgan fingerprint density at radius 2 is 1.91 bits per heavy atom. The zero-order valence-corrected chi connectivity index (χ0v) is 13.7. The Balaban J connectivity index is 1.91. The van der Waals surface area contributed by atoms with Crippen molar-refractivity contribution in [2.24, 2.45) is 0 Å². The molecule has 0 bridgehead atoms. The molecule has 1 fully saturated rings. The lowest BCUT2D eigenvalue weighted by atomic mass is 10.1. The molecule has 0 spiro atoms. The van der Waals surface area contributed by atoms with Crippen molar-refractivity contribution < 1.29 is 24.2 Å². The van der Waals surface area contributed by atoms with Crippen LogP contribution in [0.3, 0.4) is 0 Å². The van der Waals surface area contributed by atoms with Gasteiger partial charge in [-0.1, -0.05) is 0 Å². The number of carboxylic acid groups (broad SMARTS) is 1. The fourth-order valence-electron chi connectivity index (χ4n) is 2.47. The lowest BCUT2D eigenvalue weighted by Crippen LogP contribution is -2.42. The van der Waals surface area contributed by atoms with Crippen LogP contribution in [0.2, 0.25) is 0 Å². The topological polar surface area (TPSA) is 76.1 Å². The molecule has 0 unspecified atom stereocenters. The fraction of sp³-hybridized carbons (Fsp3) is 0.529. The number of hydrogen-bond donors (Lipinski definition) is 1. The van der Waals surface area contributed by atoms with Crippen LogP contribution in [0, 0.1) is 0 Å². The van der Waals surface area contributed by atoms with Crippen LogP contribution in [0.15, 0.2) is 24.3 Å². The Kier molecular flexibility index (Phi) is 5.26. The minimum atomic E-state index is -0.971. The number of hydrogen-bond acceptors (Lipinski definition) is 5. The van der Waals surface area contributed by atoms with Gasteiger partial charge in [-0.3, -0.25) is 9.69 Å². The number of likely N-dealkylation sites (tertiary alicyclic amines) is 1. The van der Waals surface area contributed by atoms with Crippen LogP contribution in [-0.2, 0) is 9.53 Å². The van der Waals surface area contributed by atoms with E-state index in [9.17, 15) is 9.59 Å². The summed E-state index contributed by atoms with van der Waals surface area (Å²) in [5.74, 6) is -0.620. The second-order valence-corrected chi connectivity index (χ2v) is 6.61. The third-order valence-electron chi connectivity index (χ3n) is 3.54. The monoisotopic (exact) mass is 321 g/mol. The fourth-order valence-corrected chi connectivity index (χ4v) is 2.47. The van der Waals surface area contributed by atoms with E-state index in [4.69, 9.17) is 14.6 Å². The molecule has 1 aromatic rings. The van der Waals surface area contributed by atoms with Gasteiger partial charge in [0.05, 0.1) is 5.56 Å². The van der Waals surface area contributed by atoms with E-state index in [1.807, 2.05) is 25.7 Å². The normalized spacial score (nSPS) is 18.7. The molecule has 6 heteroatoms. The van der Waals surface area contributed by atoms with Gasteiger partial charge in [0, 0.05) is 6.54 Å². The van der Waals surface area contributed by atoms with Gasteiger partial charge in [0.1, 0.15) is 24.1 Å². The first kappa shape index (κ1) is 17.3. The summed E-state index contributed by atoms with van der Waals surface area (Å²) >= 11 is 0. The molecule has 126 valence electrons. The van der Waals surface area contributed by atoms with Crippen molar-refractivity contribution >= 4 is 11.9 Å². The van der Waals surface area contributed by atoms with Crippen LogP contribution in [0.1, 0.15) is 44.0 Å². The quantitative estimate of drug-likeness (QED) is 0.840. The number of benzene rings is 1. The van der Waals surface area contributed by atoms with Crippen molar-refractivity contribution in [2.45, 2.75) is 45.3 Å². The average Bonchev–Trinajstić information content (AvgIpc) is 2.92. The molecule has 1 aliphatic heterocycles. The zero-order chi connectivity index (χ0) is 17.0. The van der Waals surface area contributed by atoms with Crippen molar-refractivity contribution in [2.75, 3.05) is 13.3 Å². The number of ether oxygens (including phenoxy) is 2. The van der Waals surface area contributed by atoms with Crippen molar-refractivity contribution in [3.63, 3.8) is 0 Å². The largest absolute Gasteiger partial charge is 0.478 e. The molecule has 1 saturated heterocycles. The molecule has 1 aliphatic rings. The van der Waals surface area contributed by atoms with Gasteiger partial charge >= 0.3 is 11.9 Å². The molecule has 1 heterocycles. The first-order chi connectivity index (χ1) is 10.8. The van der Waals surface area contributed by atoms with E-state index < -0.39 is 11.6 Å². The van der Waals surface area contributed by atoms with Gasteiger partial charge in [-0.25, -0.2) is 4.79 Å². The summed E-state index contributed by atoms with van der Waals surface area (Å²) in [6.07, 6.45) is 1.68. The van der Waals surface area contributed by atoms with Crippen LogP contribution in [0.5, 0.6) is 5.75 Å². The molecule has 1 N–H and O–H groups in total. The van der Waals surface area contributed by atoms with Gasteiger partial charge in [0.2, 0.25) is 0 Å². The maximum absolute atomic E-state index is 12.2. The highest BCUT2D eigenvalue weighted by Crippen LogP contribution is 2.22. The first-order valence-electron chi connectivity index (χ1n) is 7.69. The molecular formula is C17H23NO5. The highest BCUT2D eigenvalue weighted by molar-refractivity contribution is 5.87. The highest BCUT2D eigenvalue weighted by Gasteiger charge is 2.34. The van der Waals surface area contributed by atoms with Crippen LogP contribution in [0.25, 0.3) is 0 Å². The summed E-state index contributed by atoms with van der Waals surface area (Å²) in [5.41, 5.74) is -0.288. The van der Waals surface area contributed by atoms with Gasteiger partial charge < -0.3 is 14.6 Å². The van der Waals surface area contributed by atoms with E-state index in [2.05, 4.69) is 0 Å². The van der Waals surface area contributed by atoms with Gasteiger partial charge in [-0.05, 0) is 57.9 Å². The Bertz CT molecular complexity index is 561. The predicted octanol–water partition coefficient (Wildman–Crippen LogP) is 2.53. The number of aromatic carboxylic acids is 1. The third kappa shape index (κ3) is 4.96. The Morgan fingerprint density at radius 3 is 2.48 bits per heavy atom. The lowest BCUT2D eigenvalue weighted by molar-refractivity contribution is -0.161. The van der Waals surface area contributed by atoms with E-state index in [-0.39, 0.29) is 24.3 Å². The van der Waals surface area contributed by atoms with Crippen LogP contribution in [-0.4, -0.2) is 46.9 Å². The first-order valence-corrected chi connectivity index (χ1v) is 7.69. The standard InChI is InChI=1S/C17H23NO5/c1-17(2,3)23-16(21)14-5-4-10-18(14)11-22-13-8-6-12(7-9-13)15(19)20/h6-9,14H,4-5,10-11H2,1-3H3,(H,19,20)/t14-/m1/s1. The minimum absolute atomic E-state index is 0.213. The number of carboxylic acids is 1. The average molecular weight is 321 g/mol. The van der Waals surface area contributed by atoms with E-state index >= 15 is 0 Å². The van der Waals surface area contributed by atoms with Crippen molar-refractivity contribution in [1.82, 2.24) is 4.90 Å². The van der Waals surface area contributed by atoms with Gasteiger partial charge in [-0.15, -0.1) is 0 Å². The van der Waals surface area contributed by atoms with E-state index in [0.29, 0.717) is 5.75 Å². The number of rotatable bonds is 5. The molecule has 0 aliphatic carbocycles. The van der Waals surface area contributed by atoms with E-state index in [1.54, 1.807) is 12.1 Å². The predicted molar refractivity (Wildman–Crippen MR) is 84.5 cm³/mol. The molecule has 0 aromatic heterocycles. The second-order valence-electron chi connectivity index (χ2n) is 6.61. The number of carbonyl (C=O) groups is 2. The van der Waals surface area contributed by atoms with E-state index in [1.165, 1.54) is 12.1 Å². The Labute approximate surface area is 136 Å². The van der Waals surface area contributed by atoms with Crippen LogP contribution < -0.4 is 4.74 Å². The molecule has 0 amide bonds. The summed E-state index contributed by atoms with van der Waals surface area (Å²) in [6.45, 7) is 6.60. The van der Waals surface area contributed by atoms with Crippen molar-refractivity contribution in [3.8, 4) is 5.75 Å². The zero-order valence-electron chi connectivity index (χ0n) is 13.7. The molecule has 23 heavy (non-hydrogen) atoms. The lowest BCUT2D eigenvalue weighted by Gasteiger charge is -2.27. The molecule has 6 nitrogen and oxygen atoms in total. The highest BCUT2D eigenvalue weighted by atomic mass is 16.6. The summed E-state index contributed by atoms with van der Waals surface area (Å²) in [4.78, 5) is 25.0. The number of carbonyl (C=O) groups excluding carboxylic acids is 1. The van der Waals surface area contributed by atoms with Crippen LogP contribution >= 0.6 is 0 Å². The molecular weight excluding hydrogens is 298 g/mol. The number of nitrogens with zero attached hydrogens (tertiary/aromatic N) is 1. The molecule has 2 rings (SSSR count). The Morgan fingerprint density at radius 1 is 1.26 bits per heavy atom. The second kappa shape index (κ2) is 7.00. The molecule has 0 saturated carbocycles. The van der Waals surface area contributed by atoms with Gasteiger partial charge in [-0.2, -0.15) is 0 Å². The smallest absolute Gasteiger partial charge is 0.335 e. The maximum Gasteiger partial charge on any atom is 0.335 e. The maximum atomic E-state index is 12.2. The van der Waals surface area contributed by atoms with Gasteiger partial charge in [0.15, 0.2) is 0 Å².